The lowest BCUT2D eigenvalue weighted by Crippen LogP contribution is -2.45. The number of nitrogens with two attached hydrogens (primary N) is 1. The minimum absolute atomic E-state index is 0.503. The Balaban J connectivity index is 2.42. The van der Waals surface area contributed by atoms with Gasteiger partial charge in [0.15, 0.2) is 6.61 Å². The maximum Gasteiger partial charge on any atom is 0.408 e. The highest BCUT2D eigenvalue weighted by Gasteiger charge is 2.45. The van der Waals surface area contributed by atoms with Gasteiger partial charge in [-0.1, -0.05) is 0 Å². The number of rotatable bonds is 2. The number of hydrogen-bond donors (Lipinski definition) is 2. The van der Waals surface area contributed by atoms with Crippen molar-refractivity contribution in [3.63, 3.8) is 0 Å². The van der Waals surface area contributed by atoms with Crippen LogP contribution in [-0.2, 0) is 9.53 Å². The molecule has 0 unspecified atom stereocenters. The van der Waals surface area contributed by atoms with E-state index < -0.39 is 49.2 Å². The second-order valence-electron chi connectivity index (χ2n) is 5.60. The Kier molecular flexibility index (Phi) is 4.34. The fraction of sp³-hybridized carbons (Fsp3) is 0.818. The van der Waals surface area contributed by atoms with E-state index in [1.807, 2.05) is 0 Å². The lowest BCUT2D eigenvalue weighted by molar-refractivity contribution is -0.136. The first-order chi connectivity index (χ1) is 8.50. The van der Waals surface area contributed by atoms with Gasteiger partial charge in [0.2, 0.25) is 0 Å². The number of alkyl carbamates (subject to hydrolysis) is 1. The average molecular weight is 279 g/mol. The Labute approximate surface area is 110 Å². The second kappa shape index (κ2) is 5.28. The summed E-state index contributed by atoms with van der Waals surface area (Å²) < 4.78 is 30.7. The maximum atomic E-state index is 13.0. The van der Waals surface area contributed by atoms with Gasteiger partial charge in [-0.2, -0.15) is 0 Å². The third kappa shape index (κ3) is 4.98. The summed E-state index contributed by atoms with van der Waals surface area (Å²) in [5.41, 5.74) is 4.93. The van der Waals surface area contributed by atoms with Crippen LogP contribution in [0.15, 0.2) is 0 Å². The van der Waals surface area contributed by atoms with E-state index in [4.69, 9.17) is 5.73 Å². The minimum Gasteiger partial charge on any atom is -0.439 e. The smallest absolute Gasteiger partial charge is 0.408 e. The quantitative estimate of drug-likeness (QED) is 0.778. The minimum atomic E-state index is -2.98. The normalized spacial score (nSPS) is 22.2. The number of nitrogens with zero attached hydrogens (tertiary/aromatic N) is 1. The molecule has 0 aliphatic carbocycles. The number of halogens is 2. The summed E-state index contributed by atoms with van der Waals surface area (Å²) in [6.45, 7) is 3.88. The molecule has 6 nitrogen and oxygen atoms in total. The fourth-order valence-electron chi connectivity index (χ4n) is 1.67. The summed E-state index contributed by atoms with van der Waals surface area (Å²) in [6.07, 6.45) is -2.40. The van der Waals surface area contributed by atoms with E-state index in [2.05, 4.69) is 10.1 Å². The molecule has 1 aliphatic heterocycles. The molecule has 1 heterocycles. The van der Waals surface area contributed by atoms with E-state index in [1.165, 1.54) is 0 Å². The topological polar surface area (TPSA) is 84.7 Å². The van der Waals surface area contributed by atoms with Crippen molar-refractivity contribution in [1.82, 2.24) is 10.2 Å². The van der Waals surface area contributed by atoms with Crippen LogP contribution in [0.2, 0.25) is 0 Å². The van der Waals surface area contributed by atoms with Crippen molar-refractivity contribution >= 4 is 12.0 Å². The predicted molar refractivity (Wildman–Crippen MR) is 63.5 cm³/mol. The Morgan fingerprint density at radius 2 is 2.05 bits per heavy atom. The molecule has 3 N–H and O–H groups in total. The van der Waals surface area contributed by atoms with Crippen LogP contribution < -0.4 is 11.1 Å². The van der Waals surface area contributed by atoms with Gasteiger partial charge in [-0.15, -0.1) is 0 Å². The van der Waals surface area contributed by atoms with Crippen LogP contribution in [0.5, 0.6) is 0 Å². The monoisotopic (exact) mass is 279 g/mol. The van der Waals surface area contributed by atoms with Gasteiger partial charge in [0, 0.05) is 12.0 Å². The van der Waals surface area contributed by atoms with E-state index >= 15 is 0 Å². The molecule has 1 saturated heterocycles. The summed E-state index contributed by atoms with van der Waals surface area (Å²) in [5, 5.41) is 2.48. The standard InChI is InChI=1S/C11H19F2N3O3/c1-10(2,3)15-9(18)19-5-8(17)16-6-11(12,13)4-7(16)14/h7H,4-6,14H2,1-3H3,(H,15,18)/t7-/m0/s1. The first-order valence-corrected chi connectivity index (χ1v) is 5.88. The van der Waals surface area contributed by atoms with Crippen LogP contribution in [0.1, 0.15) is 27.2 Å². The first kappa shape index (κ1) is 15.6. The number of nitrogens with one attached hydrogen (secondary N) is 1. The Morgan fingerprint density at radius 3 is 2.47 bits per heavy atom. The van der Waals surface area contributed by atoms with Gasteiger partial charge in [-0.05, 0) is 20.8 Å². The molecule has 0 spiro atoms. The molecule has 1 aliphatic rings. The largest absolute Gasteiger partial charge is 0.439 e. The lowest BCUT2D eigenvalue weighted by Gasteiger charge is -2.22. The van der Waals surface area contributed by atoms with Crippen molar-refractivity contribution in [2.75, 3.05) is 13.2 Å². The van der Waals surface area contributed by atoms with Gasteiger partial charge in [0.1, 0.15) is 0 Å². The van der Waals surface area contributed by atoms with Crippen LogP contribution in [-0.4, -0.2) is 47.7 Å². The molecular formula is C11H19F2N3O3. The molecule has 0 bridgehead atoms. The van der Waals surface area contributed by atoms with Crippen molar-refractivity contribution in [3.8, 4) is 0 Å². The van der Waals surface area contributed by atoms with E-state index in [-0.39, 0.29) is 0 Å². The van der Waals surface area contributed by atoms with E-state index in [9.17, 15) is 18.4 Å². The molecule has 0 aromatic rings. The molecule has 0 saturated carbocycles. The van der Waals surface area contributed by atoms with Crippen molar-refractivity contribution in [2.24, 2.45) is 5.73 Å². The van der Waals surface area contributed by atoms with Crippen LogP contribution >= 0.6 is 0 Å². The highest BCUT2D eigenvalue weighted by atomic mass is 19.3. The first-order valence-electron chi connectivity index (χ1n) is 5.88. The van der Waals surface area contributed by atoms with Gasteiger partial charge < -0.3 is 20.7 Å². The molecular weight excluding hydrogens is 260 g/mol. The molecule has 1 atom stereocenters. The number of likely N-dealkylation sites (tertiary alicyclic amines) is 1. The summed E-state index contributed by atoms with van der Waals surface area (Å²) in [7, 11) is 0. The highest BCUT2D eigenvalue weighted by Crippen LogP contribution is 2.29. The van der Waals surface area contributed by atoms with Crippen LogP contribution in [0.4, 0.5) is 13.6 Å². The zero-order chi connectivity index (χ0) is 14.8. The third-order valence-corrected chi connectivity index (χ3v) is 2.43. The Hall–Kier alpha value is -1.44. The van der Waals surface area contributed by atoms with Gasteiger partial charge in [-0.25, -0.2) is 13.6 Å². The maximum absolute atomic E-state index is 13.0. The number of amides is 2. The molecule has 19 heavy (non-hydrogen) atoms. The molecule has 1 rings (SSSR count). The van der Waals surface area contributed by atoms with Gasteiger partial charge in [-0.3, -0.25) is 4.79 Å². The molecule has 8 heteroatoms. The van der Waals surface area contributed by atoms with Crippen LogP contribution in [0.3, 0.4) is 0 Å². The SMILES string of the molecule is CC(C)(C)NC(=O)OCC(=O)N1CC(F)(F)C[C@H]1N. The van der Waals surface area contributed by atoms with Crippen LogP contribution in [0.25, 0.3) is 0 Å². The molecule has 1 fully saturated rings. The number of carbonyl (C=O) groups excluding carboxylic acids is 2. The molecule has 110 valence electrons. The zero-order valence-electron chi connectivity index (χ0n) is 11.2. The second-order valence-corrected chi connectivity index (χ2v) is 5.60. The van der Waals surface area contributed by atoms with Crippen molar-refractivity contribution in [3.05, 3.63) is 0 Å². The summed E-state index contributed by atoms with van der Waals surface area (Å²) in [5.74, 6) is -3.71. The third-order valence-electron chi connectivity index (χ3n) is 2.43. The number of ether oxygens (including phenoxy) is 1. The summed E-state index contributed by atoms with van der Waals surface area (Å²) in [4.78, 5) is 23.7. The number of hydrogen-bond acceptors (Lipinski definition) is 4. The van der Waals surface area contributed by atoms with Gasteiger partial charge >= 0.3 is 6.09 Å². The number of alkyl halides is 2. The number of carbonyl (C=O) groups is 2. The van der Waals surface area contributed by atoms with E-state index in [1.54, 1.807) is 20.8 Å². The Bertz CT molecular complexity index is 369. The van der Waals surface area contributed by atoms with Gasteiger partial charge in [0.05, 0.1) is 12.7 Å². The van der Waals surface area contributed by atoms with E-state index in [0.29, 0.717) is 0 Å². The van der Waals surface area contributed by atoms with Crippen molar-refractivity contribution in [2.45, 2.75) is 44.8 Å². The van der Waals surface area contributed by atoms with Crippen LogP contribution in [0, 0.1) is 0 Å². The molecule has 0 radical (unpaired) electrons. The molecule has 0 aromatic carbocycles. The summed E-state index contributed by atoms with van der Waals surface area (Å²) >= 11 is 0. The average Bonchev–Trinajstić information content (AvgIpc) is 2.46. The summed E-state index contributed by atoms with van der Waals surface area (Å²) in [6, 6.07) is 0. The lowest BCUT2D eigenvalue weighted by atomic mass is 10.1. The van der Waals surface area contributed by atoms with Gasteiger partial charge in [0.25, 0.3) is 11.8 Å². The molecule has 0 aromatic heterocycles. The van der Waals surface area contributed by atoms with Crippen molar-refractivity contribution in [1.29, 1.82) is 0 Å². The Morgan fingerprint density at radius 1 is 1.47 bits per heavy atom. The fourth-order valence-corrected chi connectivity index (χ4v) is 1.67. The highest BCUT2D eigenvalue weighted by molar-refractivity contribution is 5.81. The van der Waals surface area contributed by atoms with Crippen molar-refractivity contribution < 1.29 is 23.1 Å². The molecule has 2 amide bonds. The zero-order valence-corrected chi connectivity index (χ0v) is 11.2. The predicted octanol–water partition coefficient (Wildman–Crippen LogP) is 0.663. The van der Waals surface area contributed by atoms with E-state index in [0.717, 1.165) is 4.90 Å².